The van der Waals surface area contributed by atoms with Gasteiger partial charge in [-0.05, 0) is 47.9 Å². The van der Waals surface area contributed by atoms with E-state index in [4.69, 9.17) is 11.1 Å². The fraction of sp³-hybridized carbons (Fsp3) is 0.185. The summed E-state index contributed by atoms with van der Waals surface area (Å²) in [5.41, 5.74) is 8.94. The first-order chi connectivity index (χ1) is 17.3. The molecule has 1 atom stereocenters. The highest BCUT2D eigenvalue weighted by Crippen LogP contribution is 2.36. The van der Waals surface area contributed by atoms with Crippen LogP contribution in [-0.2, 0) is 22.6 Å². The highest BCUT2D eigenvalue weighted by molar-refractivity contribution is 8.00. The van der Waals surface area contributed by atoms with E-state index in [1.807, 2.05) is 42.5 Å². The van der Waals surface area contributed by atoms with Gasteiger partial charge < -0.3 is 21.1 Å². The topological polar surface area (TPSA) is 137 Å². The number of nitrogens with zero attached hydrogens (tertiary/aromatic N) is 1. The minimum absolute atomic E-state index is 0.0715. The molecular formula is C27H26N4O4S. The molecule has 0 aromatic heterocycles. The number of amides is 2. The fourth-order valence-corrected chi connectivity index (χ4v) is 5.18. The van der Waals surface area contributed by atoms with Crippen molar-refractivity contribution < 1.29 is 19.5 Å². The molecule has 1 unspecified atom stereocenters. The molecule has 2 amide bonds. The second-order valence-corrected chi connectivity index (χ2v) is 9.71. The average Bonchev–Trinajstić information content (AvgIpc) is 2.99. The summed E-state index contributed by atoms with van der Waals surface area (Å²) in [7, 11) is 0. The van der Waals surface area contributed by atoms with Crippen molar-refractivity contribution in [2.24, 2.45) is 5.73 Å². The Balaban J connectivity index is 1.55. The number of nitrogens with one attached hydrogen (secondary N) is 2. The highest BCUT2D eigenvalue weighted by atomic mass is 32.2. The molecule has 0 radical (unpaired) electrons. The molecule has 0 spiro atoms. The zero-order valence-electron chi connectivity index (χ0n) is 19.4. The van der Waals surface area contributed by atoms with Crippen LogP contribution in [0.5, 0.6) is 0 Å². The predicted molar refractivity (Wildman–Crippen MR) is 139 cm³/mol. The number of nitrogens with two attached hydrogens (primary N) is 1. The first-order valence-electron chi connectivity index (χ1n) is 11.4. The number of anilines is 1. The molecule has 4 rings (SSSR count). The number of nitrogen functional groups attached to an aromatic ring is 1. The lowest BCUT2D eigenvalue weighted by Crippen LogP contribution is -2.38. The molecule has 36 heavy (non-hydrogen) atoms. The summed E-state index contributed by atoms with van der Waals surface area (Å²) in [6, 6.07) is 21.6. The fourth-order valence-electron chi connectivity index (χ4n) is 3.98. The highest BCUT2D eigenvalue weighted by Gasteiger charge is 2.32. The van der Waals surface area contributed by atoms with E-state index in [0.717, 1.165) is 16.0 Å². The number of fused-ring (bicyclic) bond motifs is 1. The number of carbonyl (C=O) groups is 3. The SMILES string of the molecule is N=C(N)c1ccc(C(=O)Nc2ccc3c(c2)CN(CCc2ccccc2)C(=O)C(CC(=O)O)S3)cc1. The average molecular weight is 503 g/mol. The van der Waals surface area contributed by atoms with Gasteiger partial charge in [0.05, 0.1) is 11.7 Å². The van der Waals surface area contributed by atoms with Gasteiger partial charge in [0.1, 0.15) is 5.84 Å². The standard InChI is InChI=1S/C27H26N4O4S/c28-25(29)18-6-8-19(9-7-18)26(34)30-21-10-11-22-20(14-21)16-31(13-12-17-4-2-1-3-5-17)27(35)23(36-22)15-24(32)33/h1-11,14,23H,12-13,15-16H2,(H3,28,29)(H,30,34)(H,32,33). The van der Waals surface area contributed by atoms with E-state index in [2.05, 4.69) is 5.32 Å². The molecule has 0 saturated carbocycles. The molecule has 3 aromatic carbocycles. The normalized spacial score (nSPS) is 15.1. The number of carbonyl (C=O) groups excluding carboxylic acids is 2. The summed E-state index contributed by atoms with van der Waals surface area (Å²) in [6.45, 7) is 0.777. The zero-order chi connectivity index (χ0) is 25.7. The summed E-state index contributed by atoms with van der Waals surface area (Å²) in [4.78, 5) is 40.0. The number of hydrogen-bond acceptors (Lipinski definition) is 5. The van der Waals surface area contributed by atoms with Gasteiger partial charge in [0.25, 0.3) is 5.91 Å². The molecule has 5 N–H and O–H groups in total. The molecule has 8 nitrogen and oxygen atoms in total. The molecule has 0 fully saturated rings. The van der Waals surface area contributed by atoms with Gasteiger partial charge in [-0.2, -0.15) is 0 Å². The summed E-state index contributed by atoms with van der Waals surface area (Å²) >= 11 is 1.25. The molecule has 1 heterocycles. The number of hydrogen-bond donors (Lipinski definition) is 4. The van der Waals surface area contributed by atoms with E-state index in [-0.39, 0.29) is 24.1 Å². The number of amidine groups is 1. The molecule has 9 heteroatoms. The third kappa shape index (κ3) is 6.11. The first-order valence-corrected chi connectivity index (χ1v) is 12.3. The van der Waals surface area contributed by atoms with Crippen molar-refractivity contribution in [3.63, 3.8) is 0 Å². The second kappa shape index (κ2) is 11.1. The second-order valence-electron chi connectivity index (χ2n) is 8.47. The quantitative estimate of drug-likeness (QED) is 0.274. The van der Waals surface area contributed by atoms with E-state index in [9.17, 15) is 19.5 Å². The number of rotatable bonds is 8. The van der Waals surface area contributed by atoms with Gasteiger partial charge in [0.15, 0.2) is 0 Å². The number of carboxylic acids is 1. The van der Waals surface area contributed by atoms with Crippen LogP contribution in [0.2, 0.25) is 0 Å². The minimum Gasteiger partial charge on any atom is -0.481 e. The van der Waals surface area contributed by atoms with E-state index in [1.54, 1.807) is 35.2 Å². The van der Waals surface area contributed by atoms with Crippen LogP contribution in [0.4, 0.5) is 5.69 Å². The summed E-state index contributed by atoms with van der Waals surface area (Å²) in [5, 5.41) is 19.0. The molecule has 184 valence electrons. The van der Waals surface area contributed by atoms with Gasteiger partial charge in [-0.15, -0.1) is 11.8 Å². The Morgan fingerprint density at radius 2 is 1.75 bits per heavy atom. The van der Waals surface area contributed by atoms with Crippen LogP contribution < -0.4 is 11.1 Å². The molecule has 0 saturated heterocycles. The van der Waals surface area contributed by atoms with Gasteiger partial charge in [0, 0.05) is 34.8 Å². The van der Waals surface area contributed by atoms with Crippen molar-refractivity contribution in [2.45, 2.75) is 29.5 Å². The predicted octanol–water partition coefficient (Wildman–Crippen LogP) is 3.74. The van der Waals surface area contributed by atoms with Crippen molar-refractivity contribution in [2.75, 3.05) is 11.9 Å². The van der Waals surface area contributed by atoms with Gasteiger partial charge in [-0.25, -0.2) is 0 Å². The number of benzene rings is 3. The monoisotopic (exact) mass is 502 g/mol. The van der Waals surface area contributed by atoms with Crippen molar-refractivity contribution in [3.8, 4) is 0 Å². The Kier molecular flexibility index (Phi) is 7.70. The lowest BCUT2D eigenvalue weighted by molar-refractivity contribution is -0.140. The first kappa shape index (κ1) is 25.0. The van der Waals surface area contributed by atoms with Crippen LogP contribution in [-0.4, -0.2) is 45.4 Å². The number of aliphatic carboxylic acids is 1. The van der Waals surface area contributed by atoms with Crippen molar-refractivity contribution in [1.82, 2.24) is 4.90 Å². The van der Waals surface area contributed by atoms with E-state index in [0.29, 0.717) is 36.3 Å². The maximum atomic E-state index is 13.2. The largest absolute Gasteiger partial charge is 0.481 e. The molecular weight excluding hydrogens is 476 g/mol. The van der Waals surface area contributed by atoms with Crippen LogP contribution >= 0.6 is 11.8 Å². The summed E-state index contributed by atoms with van der Waals surface area (Å²) in [5.74, 6) is -1.61. The maximum Gasteiger partial charge on any atom is 0.305 e. The Hall–Kier alpha value is -4.11. The number of thioether (sulfide) groups is 1. The van der Waals surface area contributed by atoms with Gasteiger partial charge >= 0.3 is 5.97 Å². The van der Waals surface area contributed by atoms with E-state index >= 15 is 0 Å². The van der Waals surface area contributed by atoms with E-state index < -0.39 is 11.2 Å². The van der Waals surface area contributed by atoms with Gasteiger partial charge in [-0.3, -0.25) is 19.8 Å². The van der Waals surface area contributed by atoms with Crippen molar-refractivity contribution >= 4 is 41.1 Å². The lowest BCUT2D eigenvalue weighted by Gasteiger charge is -2.23. The Bertz CT molecular complexity index is 1290. The van der Waals surface area contributed by atoms with Crippen LogP contribution in [0.3, 0.4) is 0 Å². The maximum absolute atomic E-state index is 13.2. The van der Waals surface area contributed by atoms with E-state index in [1.165, 1.54) is 11.8 Å². The smallest absolute Gasteiger partial charge is 0.305 e. The lowest BCUT2D eigenvalue weighted by atomic mass is 10.1. The molecule has 1 aliphatic heterocycles. The Morgan fingerprint density at radius 1 is 1.06 bits per heavy atom. The molecule has 0 aliphatic carbocycles. The van der Waals surface area contributed by atoms with Crippen LogP contribution in [0.15, 0.2) is 77.7 Å². The van der Waals surface area contributed by atoms with Gasteiger partial charge in [-0.1, -0.05) is 42.5 Å². The Morgan fingerprint density at radius 3 is 2.42 bits per heavy atom. The third-order valence-corrected chi connectivity index (χ3v) is 7.17. The van der Waals surface area contributed by atoms with Crippen molar-refractivity contribution in [3.05, 3.63) is 95.1 Å². The summed E-state index contributed by atoms with van der Waals surface area (Å²) in [6.07, 6.45) is 0.387. The van der Waals surface area contributed by atoms with Crippen LogP contribution in [0.1, 0.15) is 33.5 Å². The third-order valence-electron chi connectivity index (χ3n) is 5.87. The van der Waals surface area contributed by atoms with Crippen LogP contribution in [0.25, 0.3) is 0 Å². The zero-order valence-corrected chi connectivity index (χ0v) is 20.3. The summed E-state index contributed by atoms with van der Waals surface area (Å²) < 4.78 is 0. The molecule has 3 aromatic rings. The van der Waals surface area contributed by atoms with Crippen LogP contribution in [0, 0.1) is 5.41 Å². The molecule has 1 aliphatic rings. The minimum atomic E-state index is -1.02. The van der Waals surface area contributed by atoms with Crippen molar-refractivity contribution in [1.29, 1.82) is 5.41 Å². The number of carboxylic acid groups (broad SMARTS) is 1. The molecule has 0 bridgehead atoms. The Labute approximate surface area is 213 Å². The van der Waals surface area contributed by atoms with Gasteiger partial charge in [0.2, 0.25) is 5.91 Å².